The molecular weight excluding hydrogens is 286 g/mol. The molecule has 122 valence electrons. The summed E-state index contributed by atoms with van der Waals surface area (Å²) in [6.45, 7) is 1.35. The minimum atomic E-state index is -0.102. The molecule has 1 aromatic rings. The van der Waals surface area contributed by atoms with Gasteiger partial charge < -0.3 is 23.8 Å². The fraction of sp³-hybridized carbons (Fsp3) is 0.562. The van der Waals surface area contributed by atoms with Crippen molar-refractivity contribution in [3.63, 3.8) is 0 Å². The molecule has 1 heterocycles. The van der Waals surface area contributed by atoms with E-state index in [4.69, 9.17) is 18.9 Å². The molecule has 0 aromatic heterocycles. The molecule has 0 spiro atoms. The summed E-state index contributed by atoms with van der Waals surface area (Å²) in [7, 11) is 6.36. The second-order valence-electron chi connectivity index (χ2n) is 5.23. The highest BCUT2D eigenvalue weighted by atomic mass is 16.5. The van der Waals surface area contributed by atoms with Gasteiger partial charge in [-0.3, -0.25) is 4.79 Å². The molecule has 1 aliphatic rings. The summed E-state index contributed by atoms with van der Waals surface area (Å²) >= 11 is 0. The summed E-state index contributed by atoms with van der Waals surface area (Å²) in [4.78, 5) is 14.3. The first-order chi connectivity index (χ1) is 10.6. The van der Waals surface area contributed by atoms with Crippen molar-refractivity contribution in [2.45, 2.75) is 18.9 Å². The summed E-state index contributed by atoms with van der Waals surface area (Å²) < 4.78 is 21.4. The number of likely N-dealkylation sites (N-methyl/N-ethyl adjacent to an activating group) is 1. The number of methoxy groups -OCH3 is 3. The summed E-state index contributed by atoms with van der Waals surface area (Å²) in [6.07, 6.45) is 2.17. The van der Waals surface area contributed by atoms with Gasteiger partial charge in [0.15, 0.2) is 11.5 Å². The second kappa shape index (κ2) is 7.35. The molecule has 1 saturated heterocycles. The van der Waals surface area contributed by atoms with Gasteiger partial charge in [0.1, 0.15) is 0 Å². The SMILES string of the molecule is COc1cc(C(=O)N(C)CC2CCCO2)cc(OC)c1OC. The van der Waals surface area contributed by atoms with Gasteiger partial charge in [0, 0.05) is 25.8 Å². The Morgan fingerprint density at radius 3 is 2.32 bits per heavy atom. The highest BCUT2D eigenvalue weighted by molar-refractivity contribution is 5.95. The van der Waals surface area contributed by atoms with Crippen LogP contribution in [0.3, 0.4) is 0 Å². The van der Waals surface area contributed by atoms with E-state index in [0.717, 1.165) is 19.4 Å². The zero-order chi connectivity index (χ0) is 16.1. The van der Waals surface area contributed by atoms with Crippen LogP contribution in [0.2, 0.25) is 0 Å². The lowest BCUT2D eigenvalue weighted by Gasteiger charge is -2.22. The molecule has 6 nitrogen and oxygen atoms in total. The van der Waals surface area contributed by atoms with E-state index >= 15 is 0 Å². The molecule has 0 aliphatic carbocycles. The lowest BCUT2D eigenvalue weighted by molar-refractivity contribution is 0.0586. The minimum Gasteiger partial charge on any atom is -0.493 e. The molecule has 1 fully saturated rings. The van der Waals surface area contributed by atoms with E-state index in [0.29, 0.717) is 29.4 Å². The van der Waals surface area contributed by atoms with E-state index in [1.807, 2.05) is 0 Å². The van der Waals surface area contributed by atoms with Crippen LogP contribution in [0, 0.1) is 0 Å². The van der Waals surface area contributed by atoms with Gasteiger partial charge in [0.25, 0.3) is 5.91 Å². The van der Waals surface area contributed by atoms with Crippen LogP contribution < -0.4 is 14.2 Å². The lowest BCUT2D eigenvalue weighted by atomic mass is 10.1. The maximum Gasteiger partial charge on any atom is 0.253 e. The zero-order valence-corrected chi connectivity index (χ0v) is 13.5. The van der Waals surface area contributed by atoms with Crippen molar-refractivity contribution in [2.75, 3.05) is 41.5 Å². The third-order valence-corrected chi connectivity index (χ3v) is 3.76. The molecule has 0 saturated carbocycles. The maximum absolute atomic E-state index is 12.6. The summed E-state index contributed by atoms with van der Waals surface area (Å²) in [5, 5.41) is 0. The second-order valence-corrected chi connectivity index (χ2v) is 5.23. The summed E-state index contributed by atoms with van der Waals surface area (Å²) in [5.74, 6) is 1.31. The number of amides is 1. The average Bonchev–Trinajstić information content (AvgIpc) is 3.05. The Hall–Kier alpha value is -1.95. The molecule has 1 amide bonds. The van der Waals surface area contributed by atoms with Crippen molar-refractivity contribution in [1.82, 2.24) is 4.90 Å². The molecule has 0 bridgehead atoms. The van der Waals surface area contributed by atoms with Gasteiger partial charge in [-0.05, 0) is 25.0 Å². The van der Waals surface area contributed by atoms with Gasteiger partial charge in [0.2, 0.25) is 5.75 Å². The predicted molar refractivity (Wildman–Crippen MR) is 82.0 cm³/mol. The summed E-state index contributed by atoms with van der Waals surface area (Å²) in [6, 6.07) is 3.32. The molecular formula is C16H23NO5. The quantitative estimate of drug-likeness (QED) is 0.804. The van der Waals surface area contributed by atoms with Crippen LogP contribution in [0.25, 0.3) is 0 Å². The van der Waals surface area contributed by atoms with Crippen LogP contribution in [0.4, 0.5) is 0 Å². The lowest BCUT2D eigenvalue weighted by Crippen LogP contribution is -2.34. The van der Waals surface area contributed by atoms with E-state index in [-0.39, 0.29) is 12.0 Å². The number of rotatable bonds is 6. The van der Waals surface area contributed by atoms with Gasteiger partial charge in [0.05, 0.1) is 27.4 Å². The third kappa shape index (κ3) is 3.44. The van der Waals surface area contributed by atoms with Crippen LogP contribution >= 0.6 is 0 Å². The molecule has 1 aliphatic heterocycles. The molecule has 22 heavy (non-hydrogen) atoms. The monoisotopic (exact) mass is 309 g/mol. The Labute approximate surface area is 130 Å². The van der Waals surface area contributed by atoms with E-state index in [9.17, 15) is 4.79 Å². The van der Waals surface area contributed by atoms with Crippen molar-refractivity contribution in [3.8, 4) is 17.2 Å². The largest absolute Gasteiger partial charge is 0.493 e. The number of nitrogens with zero attached hydrogens (tertiary/aromatic N) is 1. The van der Waals surface area contributed by atoms with Crippen LogP contribution in [-0.2, 0) is 4.74 Å². The van der Waals surface area contributed by atoms with Crippen molar-refractivity contribution >= 4 is 5.91 Å². The average molecular weight is 309 g/mol. The number of ether oxygens (including phenoxy) is 4. The van der Waals surface area contributed by atoms with Crippen molar-refractivity contribution in [3.05, 3.63) is 17.7 Å². The predicted octanol–water partition coefficient (Wildman–Crippen LogP) is 1.96. The number of hydrogen-bond donors (Lipinski definition) is 0. The van der Waals surface area contributed by atoms with E-state index < -0.39 is 0 Å². The highest BCUT2D eigenvalue weighted by Gasteiger charge is 2.23. The molecule has 6 heteroatoms. The van der Waals surface area contributed by atoms with Gasteiger partial charge >= 0.3 is 0 Å². The Morgan fingerprint density at radius 1 is 1.23 bits per heavy atom. The van der Waals surface area contributed by atoms with E-state index in [2.05, 4.69) is 0 Å². The first kappa shape index (κ1) is 16.4. The van der Waals surface area contributed by atoms with Crippen molar-refractivity contribution in [1.29, 1.82) is 0 Å². The Balaban J connectivity index is 2.20. The standard InChI is InChI=1S/C16H23NO5/c1-17(10-12-6-5-7-22-12)16(18)11-8-13(19-2)15(21-4)14(9-11)20-3/h8-9,12H,5-7,10H2,1-4H3. The molecule has 2 rings (SSSR count). The van der Waals surface area contributed by atoms with Crippen molar-refractivity contribution in [2.24, 2.45) is 0 Å². The van der Waals surface area contributed by atoms with Gasteiger partial charge in [-0.2, -0.15) is 0 Å². The van der Waals surface area contributed by atoms with Gasteiger partial charge in [-0.1, -0.05) is 0 Å². The normalized spacial score (nSPS) is 17.2. The molecule has 0 N–H and O–H groups in total. The van der Waals surface area contributed by atoms with Crippen molar-refractivity contribution < 1.29 is 23.7 Å². The highest BCUT2D eigenvalue weighted by Crippen LogP contribution is 2.38. The third-order valence-electron chi connectivity index (χ3n) is 3.76. The molecule has 1 atom stereocenters. The van der Waals surface area contributed by atoms with Crippen LogP contribution in [0.1, 0.15) is 23.2 Å². The Morgan fingerprint density at radius 2 is 1.86 bits per heavy atom. The first-order valence-electron chi connectivity index (χ1n) is 7.27. The number of benzene rings is 1. The zero-order valence-electron chi connectivity index (χ0n) is 13.5. The maximum atomic E-state index is 12.6. The van der Waals surface area contributed by atoms with Gasteiger partial charge in [-0.25, -0.2) is 0 Å². The van der Waals surface area contributed by atoms with E-state index in [1.54, 1.807) is 24.1 Å². The Bertz CT molecular complexity index is 500. The Kier molecular flexibility index (Phi) is 5.49. The topological polar surface area (TPSA) is 57.2 Å². The first-order valence-corrected chi connectivity index (χ1v) is 7.27. The number of hydrogen-bond acceptors (Lipinski definition) is 5. The smallest absolute Gasteiger partial charge is 0.253 e. The fourth-order valence-electron chi connectivity index (χ4n) is 2.60. The van der Waals surface area contributed by atoms with E-state index in [1.165, 1.54) is 21.3 Å². The molecule has 0 radical (unpaired) electrons. The fourth-order valence-corrected chi connectivity index (χ4v) is 2.60. The molecule has 1 unspecified atom stereocenters. The van der Waals surface area contributed by atoms with Gasteiger partial charge in [-0.15, -0.1) is 0 Å². The molecule has 1 aromatic carbocycles. The van der Waals surface area contributed by atoms with Crippen LogP contribution in [0.15, 0.2) is 12.1 Å². The summed E-state index contributed by atoms with van der Waals surface area (Å²) in [5.41, 5.74) is 0.495. The number of carbonyl (C=O) groups excluding carboxylic acids is 1. The van der Waals surface area contributed by atoms with Crippen LogP contribution in [-0.4, -0.2) is 58.4 Å². The van der Waals surface area contributed by atoms with Crippen LogP contribution in [0.5, 0.6) is 17.2 Å². The minimum absolute atomic E-state index is 0.102. The number of carbonyl (C=O) groups is 1.